The summed E-state index contributed by atoms with van der Waals surface area (Å²) in [7, 11) is 0. The van der Waals surface area contributed by atoms with E-state index in [1.807, 2.05) is 30.3 Å². The number of nitrogens with zero attached hydrogens (tertiary/aromatic N) is 3. The van der Waals surface area contributed by atoms with Crippen molar-refractivity contribution in [1.82, 2.24) is 20.3 Å². The molecule has 25 heavy (non-hydrogen) atoms. The Morgan fingerprint density at radius 1 is 1.36 bits per heavy atom. The maximum Gasteiger partial charge on any atom is 0.326 e. The molecule has 3 rings (SSSR count). The number of aromatic nitrogens is 3. The van der Waals surface area contributed by atoms with E-state index in [-0.39, 0.29) is 11.6 Å². The van der Waals surface area contributed by atoms with Crippen molar-refractivity contribution in [3.63, 3.8) is 0 Å². The molecule has 0 spiro atoms. The van der Waals surface area contributed by atoms with Gasteiger partial charge in [0.15, 0.2) is 5.69 Å². The lowest BCUT2D eigenvalue weighted by atomic mass is 9.93. The number of rotatable bonds is 6. The highest BCUT2D eigenvalue weighted by atomic mass is 16.5. The van der Waals surface area contributed by atoms with Crippen molar-refractivity contribution in [2.75, 3.05) is 13.2 Å². The number of aliphatic carboxylic acids is 1. The largest absolute Gasteiger partial charge is 0.480 e. The molecule has 132 valence electrons. The van der Waals surface area contributed by atoms with Crippen molar-refractivity contribution in [1.29, 1.82) is 0 Å². The Hall–Kier alpha value is -2.74. The van der Waals surface area contributed by atoms with Gasteiger partial charge in [-0.3, -0.25) is 4.79 Å². The number of carbonyl (C=O) groups is 2. The summed E-state index contributed by atoms with van der Waals surface area (Å²) in [4.78, 5) is 23.8. The van der Waals surface area contributed by atoms with Crippen LogP contribution in [0.3, 0.4) is 0 Å². The first kappa shape index (κ1) is 17.1. The van der Waals surface area contributed by atoms with Crippen LogP contribution in [-0.2, 0) is 16.1 Å². The van der Waals surface area contributed by atoms with Crippen molar-refractivity contribution in [3.05, 3.63) is 47.8 Å². The van der Waals surface area contributed by atoms with Crippen LogP contribution >= 0.6 is 0 Å². The molecule has 1 fully saturated rings. The number of ether oxygens (including phenoxy) is 1. The Balaban J connectivity index is 1.64. The zero-order chi connectivity index (χ0) is 17.6. The SMILES string of the molecule is O=C(NC(C(=O)O)C1CCCOC1)c1cn(Cc2ccccc2)nn1. The van der Waals surface area contributed by atoms with E-state index in [9.17, 15) is 14.7 Å². The molecule has 0 aliphatic carbocycles. The highest BCUT2D eigenvalue weighted by molar-refractivity contribution is 5.94. The molecule has 2 atom stereocenters. The highest BCUT2D eigenvalue weighted by Gasteiger charge is 2.32. The molecule has 2 N–H and O–H groups in total. The number of carbonyl (C=O) groups excluding carboxylic acids is 1. The molecule has 1 aliphatic heterocycles. The molecule has 1 amide bonds. The highest BCUT2D eigenvalue weighted by Crippen LogP contribution is 2.18. The van der Waals surface area contributed by atoms with E-state index in [1.165, 1.54) is 6.20 Å². The normalized spacial score (nSPS) is 18.5. The van der Waals surface area contributed by atoms with Crippen molar-refractivity contribution < 1.29 is 19.4 Å². The van der Waals surface area contributed by atoms with Crippen LogP contribution in [0.15, 0.2) is 36.5 Å². The number of hydrogen-bond donors (Lipinski definition) is 2. The number of amides is 1. The van der Waals surface area contributed by atoms with Crippen molar-refractivity contribution >= 4 is 11.9 Å². The summed E-state index contributed by atoms with van der Waals surface area (Å²) < 4.78 is 6.87. The fourth-order valence-corrected chi connectivity index (χ4v) is 2.88. The van der Waals surface area contributed by atoms with Crippen molar-refractivity contribution in [2.24, 2.45) is 5.92 Å². The predicted octanol–water partition coefficient (Wildman–Crippen LogP) is 0.936. The van der Waals surface area contributed by atoms with E-state index in [1.54, 1.807) is 4.68 Å². The molecule has 1 saturated heterocycles. The molecule has 8 nitrogen and oxygen atoms in total. The summed E-state index contributed by atoms with van der Waals surface area (Å²) >= 11 is 0. The van der Waals surface area contributed by atoms with Gasteiger partial charge in [0.2, 0.25) is 0 Å². The molecule has 8 heteroatoms. The lowest BCUT2D eigenvalue weighted by Crippen LogP contribution is -2.48. The topological polar surface area (TPSA) is 106 Å². The molecule has 1 aliphatic rings. The molecule has 2 heterocycles. The number of hydrogen-bond acceptors (Lipinski definition) is 5. The zero-order valence-corrected chi connectivity index (χ0v) is 13.7. The van der Waals surface area contributed by atoms with Crippen LogP contribution in [0.2, 0.25) is 0 Å². The molecule has 0 radical (unpaired) electrons. The van der Waals surface area contributed by atoms with Gasteiger partial charge >= 0.3 is 5.97 Å². The third-order valence-electron chi connectivity index (χ3n) is 4.18. The molecule has 2 aromatic rings. The summed E-state index contributed by atoms with van der Waals surface area (Å²) in [5, 5.41) is 19.7. The predicted molar refractivity (Wildman–Crippen MR) is 88.0 cm³/mol. The minimum Gasteiger partial charge on any atom is -0.480 e. The summed E-state index contributed by atoms with van der Waals surface area (Å²) in [6.07, 6.45) is 3.01. The second-order valence-corrected chi connectivity index (χ2v) is 6.05. The maximum absolute atomic E-state index is 12.3. The number of carboxylic acids is 1. The molecule has 0 bridgehead atoms. The smallest absolute Gasteiger partial charge is 0.326 e. The van der Waals surface area contributed by atoms with Crippen LogP contribution in [-0.4, -0.2) is 51.2 Å². The number of carboxylic acid groups (broad SMARTS) is 1. The summed E-state index contributed by atoms with van der Waals surface area (Å²) in [6, 6.07) is 8.67. The Morgan fingerprint density at radius 3 is 2.84 bits per heavy atom. The fourth-order valence-electron chi connectivity index (χ4n) is 2.88. The Kier molecular flexibility index (Phi) is 5.39. The average Bonchev–Trinajstić information content (AvgIpc) is 3.09. The lowest BCUT2D eigenvalue weighted by Gasteiger charge is -2.27. The second-order valence-electron chi connectivity index (χ2n) is 6.05. The maximum atomic E-state index is 12.3. The van der Waals surface area contributed by atoms with Crippen molar-refractivity contribution in [3.8, 4) is 0 Å². The third kappa shape index (κ3) is 4.42. The quantitative estimate of drug-likeness (QED) is 0.808. The van der Waals surface area contributed by atoms with Gasteiger partial charge in [0.25, 0.3) is 5.91 Å². The average molecular weight is 344 g/mol. The van der Waals surface area contributed by atoms with Crippen LogP contribution in [0.5, 0.6) is 0 Å². The van der Waals surface area contributed by atoms with E-state index in [0.29, 0.717) is 26.2 Å². The number of nitrogens with one attached hydrogen (secondary N) is 1. The third-order valence-corrected chi connectivity index (χ3v) is 4.18. The minimum atomic E-state index is -1.07. The van der Waals surface area contributed by atoms with E-state index >= 15 is 0 Å². The molecule has 2 unspecified atom stereocenters. The second kappa shape index (κ2) is 7.89. The summed E-state index contributed by atoms with van der Waals surface area (Å²) in [5.74, 6) is -1.85. The van der Waals surface area contributed by atoms with Crippen molar-refractivity contribution in [2.45, 2.75) is 25.4 Å². The van der Waals surface area contributed by atoms with Gasteiger partial charge in [0.05, 0.1) is 19.3 Å². The van der Waals surface area contributed by atoms with E-state index in [4.69, 9.17) is 4.74 Å². The van der Waals surface area contributed by atoms with Gasteiger partial charge in [-0.2, -0.15) is 0 Å². The Morgan fingerprint density at radius 2 is 2.16 bits per heavy atom. The van der Waals surface area contributed by atoms with Gasteiger partial charge in [0.1, 0.15) is 6.04 Å². The summed E-state index contributed by atoms with van der Waals surface area (Å²) in [5.41, 5.74) is 1.13. The van der Waals surface area contributed by atoms with Gasteiger partial charge in [0, 0.05) is 12.5 Å². The zero-order valence-electron chi connectivity index (χ0n) is 13.7. The Labute approximate surface area is 144 Å². The standard InChI is InChI=1S/C17H20N4O4/c22-16(18-15(17(23)24)13-7-4-8-25-11-13)14-10-21(20-19-14)9-12-5-2-1-3-6-12/h1-3,5-6,10,13,15H,4,7-9,11H2,(H,18,22)(H,23,24). The molecule has 1 aromatic carbocycles. The van der Waals surface area contributed by atoms with Crippen LogP contribution in [0.25, 0.3) is 0 Å². The first-order valence-corrected chi connectivity index (χ1v) is 8.19. The number of benzene rings is 1. The first-order valence-electron chi connectivity index (χ1n) is 8.19. The van der Waals surface area contributed by atoms with Crippen LogP contribution < -0.4 is 5.32 Å². The monoisotopic (exact) mass is 344 g/mol. The molecular formula is C17H20N4O4. The lowest BCUT2D eigenvalue weighted by molar-refractivity contribution is -0.142. The van der Waals surface area contributed by atoms with Gasteiger partial charge in [-0.05, 0) is 18.4 Å². The summed E-state index contributed by atoms with van der Waals surface area (Å²) in [6.45, 7) is 1.45. The van der Waals surface area contributed by atoms with Crippen LogP contribution in [0.1, 0.15) is 28.9 Å². The van der Waals surface area contributed by atoms with Gasteiger partial charge in [-0.25, -0.2) is 9.48 Å². The van der Waals surface area contributed by atoms with Gasteiger partial charge in [-0.15, -0.1) is 5.10 Å². The van der Waals surface area contributed by atoms with E-state index in [2.05, 4.69) is 15.6 Å². The minimum absolute atomic E-state index is 0.0962. The Bertz CT molecular complexity index is 725. The fraction of sp³-hybridized carbons (Fsp3) is 0.412. The van der Waals surface area contributed by atoms with Crippen LogP contribution in [0, 0.1) is 5.92 Å². The van der Waals surface area contributed by atoms with E-state index < -0.39 is 17.9 Å². The molecular weight excluding hydrogens is 324 g/mol. The van der Waals surface area contributed by atoms with E-state index in [0.717, 1.165) is 12.0 Å². The van der Waals surface area contributed by atoms with Crippen LogP contribution in [0.4, 0.5) is 0 Å². The van der Waals surface area contributed by atoms with Gasteiger partial charge in [-0.1, -0.05) is 35.5 Å². The molecule has 1 aromatic heterocycles. The first-order chi connectivity index (χ1) is 12.1. The molecule has 0 saturated carbocycles. The van der Waals surface area contributed by atoms with Gasteiger partial charge < -0.3 is 15.2 Å².